The Balaban J connectivity index is 1.31. The van der Waals surface area contributed by atoms with Crippen molar-refractivity contribution in [2.45, 2.75) is 11.8 Å². The monoisotopic (exact) mass is 597 g/mol. The quantitative estimate of drug-likeness (QED) is 0.177. The van der Waals surface area contributed by atoms with Gasteiger partial charge in [0.1, 0.15) is 0 Å². The highest BCUT2D eigenvalue weighted by Crippen LogP contribution is 2.61. The number of aromatic nitrogens is 1. The van der Waals surface area contributed by atoms with Crippen LogP contribution in [0.3, 0.4) is 0 Å². The Labute approximate surface area is 274 Å². The van der Waals surface area contributed by atoms with E-state index in [4.69, 9.17) is 0 Å². The largest absolute Gasteiger partial charge is 0.309 e. The highest BCUT2D eigenvalue weighted by molar-refractivity contribution is 6.13. The predicted molar refractivity (Wildman–Crippen MR) is 198 cm³/mol. The number of rotatable bonds is 1. The molecule has 220 valence electrons. The van der Waals surface area contributed by atoms with E-state index in [2.05, 4.69) is 175 Å². The molecule has 0 unspecified atom stereocenters. The third-order valence-electron chi connectivity index (χ3n) is 10.5. The van der Waals surface area contributed by atoms with Crippen molar-refractivity contribution in [1.29, 1.82) is 0 Å². The van der Waals surface area contributed by atoms with Gasteiger partial charge in [-0.15, -0.1) is 0 Å². The first kappa shape index (κ1) is 26.3. The van der Waals surface area contributed by atoms with Crippen LogP contribution in [0, 0.1) is 0 Å². The van der Waals surface area contributed by atoms with Crippen molar-refractivity contribution in [2.75, 3.05) is 0 Å². The first-order valence-electron chi connectivity index (χ1n) is 16.5. The number of hydrogen-bond acceptors (Lipinski definition) is 0. The van der Waals surface area contributed by atoms with E-state index < -0.39 is 5.41 Å². The van der Waals surface area contributed by atoms with Crippen LogP contribution in [0.1, 0.15) is 39.8 Å². The second-order valence-electron chi connectivity index (χ2n) is 12.9. The maximum absolute atomic E-state index is 4.38. The fourth-order valence-electron chi connectivity index (χ4n) is 8.61. The number of hydrogen-bond donors (Lipinski definition) is 0. The Morgan fingerprint density at radius 1 is 0.532 bits per heavy atom. The summed E-state index contributed by atoms with van der Waals surface area (Å²) < 4.78 is 2.52. The van der Waals surface area contributed by atoms with E-state index in [9.17, 15) is 0 Å². The smallest absolute Gasteiger partial charge is 0.0754 e. The first-order chi connectivity index (χ1) is 23.2. The molecule has 2 aliphatic carbocycles. The van der Waals surface area contributed by atoms with Gasteiger partial charge >= 0.3 is 0 Å². The molecular weight excluding hydrogens is 567 g/mol. The highest BCUT2D eigenvalue weighted by Gasteiger charge is 2.50. The summed E-state index contributed by atoms with van der Waals surface area (Å²) in [5, 5.41) is 2.60. The van der Waals surface area contributed by atoms with Gasteiger partial charge in [0.15, 0.2) is 0 Å². The summed E-state index contributed by atoms with van der Waals surface area (Å²) in [5.74, 6) is 0. The minimum absolute atomic E-state index is 0.451. The number of fused-ring (bicyclic) bond motifs is 13. The van der Waals surface area contributed by atoms with Gasteiger partial charge in [0.05, 0.1) is 22.1 Å². The van der Waals surface area contributed by atoms with Crippen molar-refractivity contribution >= 4 is 33.5 Å². The molecule has 47 heavy (non-hydrogen) atoms. The van der Waals surface area contributed by atoms with E-state index in [0.717, 1.165) is 12.0 Å². The lowest BCUT2D eigenvalue weighted by Gasteiger charge is -2.40. The molecule has 2 heterocycles. The van der Waals surface area contributed by atoms with Gasteiger partial charge in [0.25, 0.3) is 0 Å². The summed E-state index contributed by atoms with van der Waals surface area (Å²) in [4.78, 5) is 0. The molecule has 0 bridgehead atoms. The average Bonchev–Trinajstić information content (AvgIpc) is 3.62. The molecule has 1 spiro atoms. The summed E-state index contributed by atoms with van der Waals surface area (Å²) in [6.07, 6.45) is 13.8. The van der Waals surface area contributed by atoms with Gasteiger partial charge in [-0.3, -0.25) is 0 Å². The van der Waals surface area contributed by atoms with Crippen LogP contribution in [0.25, 0.3) is 61.4 Å². The predicted octanol–water partition coefficient (Wildman–Crippen LogP) is 11.7. The molecule has 0 atom stereocenters. The van der Waals surface area contributed by atoms with Gasteiger partial charge in [-0.2, -0.15) is 0 Å². The zero-order valence-corrected chi connectivity index (χ0v) is 25.9. The zero-order chi connectivity index (χ0) is 31.1. The average molecular weight is 598 g/mol. The fourth-order valence-corrected chi connectivity index (χ4v) is 8.61. The first-order valence-corrected chi connectivity index (χ1v) is 16.5. The standard InChI is InChI=1S/C46H31N/c1-30-14-5-3-2-4-6-15-33-28-31(24-26-34(30)33)32-25-27-44-42(29-32)46(39-20-10-7-16-35(39)36-17-8-11-21-40(36)46)41-22-13-19-38-37-18-9-12-23-43(37)47(44)45(38)41/h2-3,5-29H,1,4H2/b3-2-,14-5-,15-6-. The molecule has 0 saturated heterocycles. The Hall–Kier alpha value is -5.92. The third-order valence-corrected chi connectivity index (χ3v) is 10.5. The minimum atomic E-state index is -0.451. The number of para-hydroxylation sites is 2. The van der Waals surface area contributed by atoms with Crippen LogP contribution < -0.4 is 0 Å². The minimum Gasteiger partial charge on any atom is -0.309 e. The van der Waals surface area contributed by atoms with Crippen LogP contribution >= 0.6 is 0 Å². The van der Waals surface area contributed by atoms with Gasteiger partial charge in [-0.1, -0.05) is 146 Å². The van der Waals surface area contributed by atoms with Gasteiger partial charge < -0.3 is 4.57 Å². The normalized spacial score (nSPS) is 17.1. The summed E-state index contributed by atoms with van der Waals surface area (Å²) >= 11 is 0. The van der Waals surface area contributed by atoms with Crippen molar-refractivity contribution in [1.82, 2.24) is 4.57 Å². The van der Waals surface area contributed by atoms with E-state index in [0.29, 0.717) is 0 Å². The van der Waals surface area contributed by atoms with Crippen molar-refractivity contribution in [3.05, 3.63) is 198 Å². The van der Waals surface area contributed by atoms with Crippen molar-refractivity contribution in [3.63, 3.8) is 0 Å². The van der Waals surface area contributed by atoms with E-state index in [1.165, 1.54) is 83.1 Å². The summed E-state index contributed by atoms with van der Waals surface area (Å²) in [6.45, 7) is 4.38. The lowest BCUT2D eigenvalue weighted by atomic mass is 9.65. The summed E-state index contributed by atoms with van der Waals surface area (Å²) in [5.41, 5.74) is 17.2. The molecule has 0 N–H and O–H groups in total. The molecule has 1 nitrogen and oxygen atoms in total. The van der Waals surface area contributed by atoms with Crippen LogP contribution in [-0.2, 0) is 5.41 Å². The summed E-state index contributed by atoms with van der Waals surface area (Å²) in [6, 6.07) is 47.9. The van der Waals surface area contributed by atoms with Crippen LogP contribution in [0.5, 0.6) is 0 Å². The van der Waals surface area contributed by atoms with E-state index >= 15 is 0 Å². The van der Waals surface area contributed by atoms with Crippen LogP contribution in [0.15, 0.2) is 164 Å². The third kappa shape index (κ3) is 3.49. The van der Waals surface area contributed by atoms with Crippen molar-refractivity contribution in [2.24, 2.45) is 0 Å². The van der Waals surface area contributed by atoms with Gasteiger partial charge in [0.2, 0.25) is 0 Å². The molecule has 0 radical (unpaired) electrons. The molecule has 1 aromatic heterocycles. The van der Waals surface area contributed by atoms with Crippen molar-refractivity contribution in [3.8, 4) is 27.9 Å². The second kappa shape index (κ2) is 9.79. The number of nitrogens with zero attached hydrogens (tertiary/aromatic N) is 1. The molecule has 0 fully saturated rings. The van der Waals surface area contributed by atoms with Crippen LogP contribution in [0.2, 0.25) is 0 Å². The Bertz CT molecular complexity index is 2520. The van der Waals surface area contributed by atoms with E-state index in [1.807, 2.05) is 0 Å². The van der Waals surface area contributed by atoms with Gasteiger partial charge in [-0.05, 0) is 91.9 Å². The molecule has 1 aliphatic heterocycles. The maximum Gasteiger partial charge on any atom is 0.0754 e. The topological polar surface area (TPSA) is 4.93 Å². The van der Waals surface area contributed by atoms with Crippen LogP contribution in [-0.4, -0.2) is 4.57 Å². The maximum atomic E-state index is 4.38. The SMILES string of the molecule is C=C1/C=C\C=C/C/C=C\c2cc(-c3ccc4c(c3)C3(c5ccccc5-c5ccccc53)c3cccc5c6ccccc6n-4c35)ccc21. The molecule has 0 saturated carbocycles. The van der Waals surface area contributed by atoms with Gasteiger partial charge in [-0.25, -0.2) is 0 Å². The lowest BCUT2D eigenvalue weighted by molar-refractivity contribution is 0.749. The fraction of sp³-hybridized carbons (Fsp3) is 0.0435. The molecular formula is C46H31N. The number of allylic oxidation sites excluding steroid dienone is 6. The Kier molecular flexibility index (Phi) is 5.48. The molecule has 6 aromatic carbocycles. The van der Waals surface area contributed by atoms with Crippen molar-refractivity contribution < 1.29 is 0 Å². The summed E-state index contributed by atoms with van der Waals surface area (Å²) in [7, 11) is 0. The van der Waals surface area contributed by atoms with Crippen LogP contribution in [0.4, 0.5) is 0 Å². The van der Waals surface area contributed by atoms with Gasteiger partial charge in [0, 0.05) is 10.8 Å². The second-order valence-corrected chi connectivity index (χ2v) is 12.9. The highest BCUT2D eigenvalue weighted by atomic mass is 15.0. The molecule has 0 amide bonds. The molecule has 10 rings (SSSR count). The Morgan fingerprint density at radius 3 is 2.09 bits per heavy atom. The van der Waals surface area contributed by atoms with E-state index in [-0.39, 0.29) is 0 Å². The number of benzene rings is 6. The van der Waals surface area contributed by atoms with E-state index in [1.54, 1.807) is 0 Å². The molecule has 7 aromatic rings. The lowest BCUT2D eigenvalue weighted by Crippen LogP contribution is -2.33. The Morgan fingerprint density at radius 2 is 1.23 bits per heavy atom. The zero-order valence-electron chi connectivity index (χ0n) is 25.9. The molecule has 3 aliphatic rings. The molecule has 1 heteroatoms.